The summed E-state index contributed by atoms with van der Waals surface area (Å²) >= 11 is 8.37. The Morgan fingerprint density at radius 1 is 1.50 bits per heavy atom. The van der Waals surface area contributed by atoms with Crippen LogP contribution >= 0.6 is 34.9 Å². The summed E-state index contributed by atoms with van der Waals surface area (Å²) in [5.41, 5.74) is 6.22. The molecule has 0 amide bonds. The Labute approximate surface area is 106 Å². The van der Waals surface area contributed by atoms with Crippen LogP contribution in [-0.2, 0) is 6.42 Å². The standard InChI is InChI=1S/C8H8ClN5S2/c1-2-5-12-8(16-14-5)15-6-4(10)3-11-7(9)13-6/h3H,2,10H2,1H3. The molecule has 2 N–H and O–H groups in total. The number of aryl methyl sites for hydroxylation is 1. The molecule has 2 rings (SSSR count). The maximum Gasteiger partial charge on any atom is 0.223 e. The van der Waals surface area contributed by atoms with Gasteiger partial charge in [0.1, 0.15) is 10.9 Å². The smallest absolute Gasteiger partial charge is 0.223 e. The summed E-state index contributed by atoms with van der Waals surface area (Å²) in [4.78, 5) is 12.1. The lowest BCUT2D eigenvalue weighted by atomic mass is 10.5. The van der Waals surface area contributed by atoms with E-state index in [-0.39, 0.29) is 5.28 Å². The predicted octanol–water partition coefficient (Wildman–Crippen LogP) is 2.28. The maximum absolute atomic E-state index is 5.73. The number of anilines is 1. The minimum atomic E-state index is 0.178. The Bertz CT molecular complexity index is 501. The molecule has 0 aliphatic heterocycles. The molecule has 5 nitrogen and oxygen atoms in total. The minimum absolute atomic E-state index is 0.178. The third-order valence-corrected chi connectivity index (χ3v) is 3.69. The van der Waals surface area contributed by atoms with Gasteiger partial charge in [0.25, 0.3) is 0 Å². The van der Waals surface area contributed by atoms with E-state index in [4.69, 9.17) is 17.3 Å². The fourth-order valence-electron chi connectivity index (χ4n) is 0.943. The molecule has 0 unspecified atom stereocenters. The largest absolute Gasteiger partial charge is 0.395 e. The van der Waals surface area contributed by atoms with E-state index in [2.05, 4.69) is 19.3 Å². The van der Waals surface area contributed by atoms with Crippen molar-refractivity contribution >= 4 is 40.6 Å². The highest BCUT2D eigenvalue weighted by atomic mass is 35.5. The summed E-state index contributed by atoms with van der Waals surface area (Å²) in [5.74, 6) is 0.825. The lowest BCUT2D eigenvalue weighted by Gasteiger charge is -2.00. The van der Waals surface area contributed by atoms with Crippen molar-refractivity contribution < 1.29 is 0 Å². The van der Waals surface area contributed by atoms with Crippen LogP contribution in [0.4, 0.5) is 5.69 Å². The molecule has 0 spiro atoms. The molecule has 8 heteroatoms. The zero-order valence-corrected chi connectivity index (χ0v) is 10.7. The molecular formula is C8H8ClN5S2. The van der Waals surface area contributed by atoms with E-state index in [1.54, 1.807) is 0 Å². The van der Waals surface area contributed by atoms with Gasteiger partial charge in [0.15, 0.2) is 4.34 Å². The van der Waals surface area contributed by atoms with Crippen LogP contribution in [0.5, 0.6) is 0 Å². The zero-order valence-electron chi connectivity index (χ0n) is 8.35. The van der Waals surface area contributed by atoms with E-state index in [9.17, 15) is 0 Å². The summed E-state index contributed by atoms with van der Waals surface area (Å²) in [6.45, 7) is 2.01. The van der Waals surface area contributed by atoms with Gasteiger partial charge in [-0.1, -0.05) is 6.92 Å². The third-order valence-electron chi connectivity index (χ3n) is 1.70. The quantitative estimate of drug-likeness (QED) is 0.683. The number of hydrogen-bond donors (Lipinski definition) is 1. The van der Waals surface area contributed by atoms with E-state index >= 15 is 0 Å². The van der Waals surface area contributed by atoms with Crippen LogP contribution in [0.3, 0.4) is 0 Å². The SMILES string of the molecule is CCc1nsc(Sc2nc(Cl)ncc2N)n1. The van der Waals surface area contributed by atoms with Crippen LogP contribution in [0.2, 0.25) is 5.28 Å². The molecule has 0 saturated heterocycles. The topological polar surface area (TPSA) is 77.6 Å². The molecule has 0 fully saturated rings. The van der Waals surface area contributed by atoms with Crippen LogP contribution < -0.4 is 5.73 Å². The van der Waals surface area contributed by atoms with Crippen molar-refractivity contribution in [2.45, 2.75) is 22.7 Å². The van der Waals surface area contributed by atoms with Gasteiger partial charge in [-0.15, -0.1) is 0 Å². The molecule has 0 aliphatic rings. The second kappa shape index (κ2) is 4.94. The second-order valence-corrected chi connectivity index (χ2v) is 5.16. The second-order valence-electron chi connectivity index (χ2n) is 2.83. The van der Waals surface area contributed by atoms with Crippen molar-refractivity contribution in [3.8, 4) is 0 Å². The summed E-state index contributed by atoms with van der Waals surface area (Å²) < 4.78 is 4.98. The van der Waals surface area contributed by atoms with Gasteiger partial charge in [-0.25, -0.2) is 15.0 Å². The lowest BCUT2D eigenvalue weighted by Crippen LogP contribution is -1.94. The number of nitrogens with zero attached hydrogens (tertiary/aromatic N) is 4. The Morgan fingerprint density at radius 2 is 2.31 bits per heavy atom. The molecule has 84 valence electrons. The first-order chi connectivity index (χ1) is 7.69. The van der Waals surface area contributed by atoms with Gasteiger partial charge >= 0.3 is 0 Å². The molecule has 2 aromatic heterocycles. The van der Waals surface area contributed by atoms with Crippen LogP contribution in [0.15, 0.2) is 15.6 Å². The lowest BCUT2D eigenvalue weighted by molar-refractivity contribution is 0.969. The summed E-state index contributed by atoms with van der Waals surface area (Å²) in [7, 11) is 0. The number of nitrogen functional groups attached to an aromatic ring is 1. The molecule has 2 heterocycles. The Kier molecular flexibility index (Phi) is 3.57. The number of halogens is 1. The summed E-state index contributed by atoms with van der Waals surface area (Å²) in [6.07, 6.45) is 2.30. The van der Waals surface area contributed by atoms with Crippen LogP contribution in [0.25, 0.3) is 0 Å². The van der Waals surface area contributed by atoms with Crippen molar-refractivity contribution in [3.05, 3.63) is 17.3 Å². The van der Waals surface area contributed by atoms with E-state index in [1.165, 1.54) is 29.5 Å². The van der Waals surface area contributed by atoms with Crippen molar-refractivity contribution in [1.29, 1.82) is 0 Å². The first-order valence-electron chi connectivity index (χ1n) is 4.47. The molecule has 0 bridgehead atoms. The maximum atomic E-state index is 5.73. The zero-order chi connectivity index (χ0) is 11.5. The normalized spacial score (nSPS) is 10.6. The Balaban J connectivity index is 2.22. The molecule has 0 saturated carbocycles. The van der Waals surface area contributed by atoms with Crippen molar-refractivity contribution in [3.63, 3.8) is 0 Å². The van der Waals surface area contributed by atoms with Crippen molar-refractivity contribution in [1.82, 2.24) is 19.3 Å². The number of rotatable bonds is 3. The van der Waals surface area contributed by atoms with Gasteiger partial charge in [0.05, 0.1) is 11.9 Å². The van der Waals surface area contributed by atoms with Crippen molar-refractivity contribution in [2.24, 2.45) is 0 Å². The fraction of sp³-hybridized carbons (Fsp3) is 0.250. The third kappa shape index (κ3) is 2.60. The fourth-order valence-corrected chi connectivity index (χ4v) is 2.74. The van der Waals surface area contributed by atoms with Crippen LogP contribution in [0.1, 0.15) is 12.7 Å². The molecule has 0 aliphatic carbocycles. The highest BCUT2D eigenvalue weighted by Gasteiger charge is 2.09. The van der Waals surface area contributed by atoms with Gasteiger partial charge in [-0.05, 0) is 34.9 Å². The first kappa shape index (κ1) is 11.6. The molecule has 2 aromatic rings. The van der Waals surface area contributed by atoms with E-state index < -0.39 is 0 Å². The van der Waals surface area contributed by atoms with Crippen LogP contribution in [0, 0.1) is 0 Å². The number of nitrogens with two attached hydrogens (primary N) is 1. The van der Waals surface area contributed by atoms with Gasteiger partial charge in [-0.2, -0.15) is 4.37 Å². The monoisotopic (exact) mass is 273 g/mol. The molecule has 0 atom stereocenters. The van der Waals surface area contributed by atoms with E-state index in [0.717, 1.165) is 16.6 Å². The van der Waals surface area contributed by atoms with Gasteiger partial charge in [-0.3, -0.25) is 0 Å². The average Bonchev–Trinajstić information content (AvgIpc) is 2.71. The Morgan fingerprint density at radius 3 is 3.00 bits per heavy atom. The highest BCUT2D eigenvalue weighted by molar-refractivity contribution is 8.01. The Hall–Kier alpha value is -0.920. The van der Waals surface area contributed by atoms with E-state index in [0.29, 0.717) is 10.7 Å². The van der Waals surface area contributed by atoms with Crippen molar-refractivity contribution in [2.75, 3.05) is 5.73 Å². The van der Waals surface area contributed by atoms with Gasteiger partial charge in [0.2, 0.25) is 5.28 Å². The number of aromatic nitrogens is 4. The molecule has 0 radical (unpaired) electrons. The minimum Gasteiger partial charge on any atom is -0.395 e. The van der Waals surface area contributed by atoms with E-state index in [1.807, 2.05) is 6.92 Å². The molecular weight excluding hydrogens is 266 g/mol. The average molecular weight is 274 g/mol. The first-order valence-corrected chi connectivity index (χ1v) is 6.44. The van der Waals surface area contributed by atoms with Gasteiger partial charge in [0, 0.05) is 6.42 Å². The molecule has 0 aromatic carbocycles. The number of hydrogen-bond acceptors (Lipinski definition) is 7. The summed E-state index contributed by atoms with van der Waals surface area (Å²) in [6, 6.07) is 0. The molecule has 16 heavy (non-hydrogen) atoms. The summed E-state index contributed by atoms with van der Waals surface area (Å²) in [5, 5.41) is 0.788. The predicted molar refractivity (Wildman–Crippen MR) is 64.9 cm³/mol. The van der Waals surface area contributed by atoms with Gasteiger partial charge < -0.3 is 5.73 Å². The van der Waals surface area contributed by atoms with Crippen LogP contribution in [-0.4, -0.2) is 19.3 Å². The highest BCUT2D eigenvalue weighted by Crippen LogP contribution is 2.31.